The lowest BCUT2D eigenvalue weighted by atomic mass is 9.91. The highest BCUT2D eigenvalue weighted by atomic mass is 32.2. The molecule has 4 nitrogen and oxygen atoms in total. The molecule has 2 unspecified atom stereocenters. The van der Waals surface area contributed by atoms with Crippen LogP contribution in [0, 0.1) is 5.92 Å². The van der Waals surface area contributed by atoms with Gasteiger partial charge in [0.15, 0.2) is 0 Å². The predicted octanol–water partition coefficient (Wildman–Crippen LogP) is 2.15. The quantitative estimate of drug-likeness (QED) is 0.557. The average Bonchev–Trinajstić information content (AvgIpc) is 2.48. The molecule has 0 N–H and O–H groups in total. The molecule has 0 bridgehead atoms. The highest BCUT2D eigenvalue weighted by Gasteiger charge is 2.47. The number of fused-ring (bicyclic) bond motifs is 1. The molecular weight excluding hydrogens is 284 g/mol. The minimum atomic E-state index is -0.281. The largest absolute Gasteiger partial charge is 0.329 e. The molecular formula is C16H26N2O2S. The van der Waals surface area contributed by atoms with Gasteiger partial charge in [0.25, 0.3) is 0 Å². The van der Waals surface area contributed by atoms with Gasteiger partial charge < -0.3 is 9.80 Å². The summed E-state index contributed by atoms with van der Waals surface area (Å²) in [5.74, 6) is 2.22. The number of carbonyl (C=O) groups is 2. The van der Waals surface area contributed by atoms with Crippen LogP contribution in [0.4, 0.5) is 0 Å². The summed E-state index contributed by atoms with van der Waals surface area (Å²) in [5.41, 5.74) is 0. The Morgan fingerprint density at radius 3 is 2.76 bits per heavy atom. The summed E-state index contributed by atoms with van der Waals surface area (Å²) in [6.45, 7) is 9.18. The second-order valence-electron chi connectivity index (χ2n) is 6.13. The maximum Gasteiger partial charge on any atom is 0.246 e. The van der Waals surface area contributed by atoms with Crippen LogP contribution in [0.25, 0.3) is 0 Å². The fraction of sp³-hybridized carbons (Fsp3) is 0.750. The molecule has 2 aliphatic heterocycles. The molecule has 5 heteroatoms. The minimum absolute atomic E-state index is 0.156. The van der Waals surface area contributed by atoms with Crippen molar-refractivity contribution in [2.24, 2.45) is 5.92 Å². The molecule has 0 aromatic rings. The van der Waals surface area contributed by atoms with Gasteiger partial charge in [-0.1, -0.05) is 19.9 Å². The molecule has 0 spiro atoms. The van der Waals surface area contributed by atoms with Gasteiger partial charge in [-0.2, -0.15) is 11.8 Å². The van der Waals surface area contributed by atoms with E-state index >= 15 is 0 Å². The van der Waals surface area contributed by atoms with E-state index in [4.69, 9.17) is 0 Å². The number of piperidine rings is 1. The maximum absolute atomic E-state index is 12.8. The number of nitrogens with zero attached hydrogens (tertiary/aromatic N) is 2. The normalized spacial score (nSPS) is 26.2. The third-order valence-corrected chi connectivity index (χ3v) is 5.23. The van der Waals surface area contributed by atoms with E-state index in [1.165, 1.54) is 0 Å². The second kappa shape index (κ2) is 7.34. The third kappa shape index (κ3) is 3.44. The summed E-state index contributed by atoms with van der Waals surface area (Å²) in [6.07, 6.45) is 4.77. The molecule has 2 fully saturated rings. The molecule has 0 saturated carbocycles. The minimum Gasteiger partial charge on any atom is -0.329 e. The second-order valence-corrected chi connectivity index (χ2v) is 7.28. The number of carbonyl (C=O) groups excluding carboxylic acids is 2. The van der Waals surface area contributed by atoms with E-state index in [9.17, 15) is 9.59 Å². The zero-order valence-corrected chi connectivity index (χ0v) is 13.9. The number of amides is 2. The first-order valence-electron chi connectivity index (χ1n) is 7.87. The van der Waals surface area contributed by atoms with Crippen molar-refractivity contribution in [1.82, 2.24) is 9.80 Å². The van der Waals surface area contributed by atoms with Crippen molar-refractivity contribution < 1.29 is 9.59 Å². The molecule has 2 saturated heterocycles. The number of hydrogen-bond acceptors (Lipinski definition) is 3. The van der Waals surface area contributed by atoms with Crippen molar-refractivity contribution in [2.45, 2.75) is 45.2 Å². The van der Waals surface area contributed by atoms with Crippen molar-refractivity contribution in [3.8, 4) is 0 Å². The van der Waals surface area contributed by atoms with Crippen molar-refractivity contribution in [2.75, 3.05) is 24.6 Å². The van der Waals surface area contributed by atoms with Crippen molar-refractivity contribution in [1.29, 1.82) is 0 Å². The molecule has 0 aromatic carbocycles. The van der Waals surface area contributed by atoms with Gasteiger partial charge in [0.2, 0.25) is 11.8 Å². The Balaban J connectivity index is 2.12. The third-order valence-electron chi connectivity index (χ3n) is 4.29. The van der Waals surface area contributed by atoms with E-state index in [1.807, 2.05) is 29.7 Å². The van der Waals surface area contributed by atoms with Gasteiger partial charge >= 0.3 is 0 Å². The summed E-state index contributed by atoms with van der Waals surface area (Å²) in [5, 5.41) is 0. The van der Waals surface area contributed by atoms with Crippen LogP contribution >= 0.6 is 11.8 Å². The van der Waals surface area contributed by atoms with Gasteiger partial charge in [-0.3, -0.25) is 9.59 Å². The highest BCUT2D eigenvalue weighted by molar-refractivity contribution is 7.99. The van der Waals surface area contributed by atoms with E-state index in [0.29, 0.717) is 6.54 Å². The van der Waals surface area contributed by atoms with Gasteiger partial charge in [0.05, 0.1) is 0 Å². The van der Waals surface area contributed by atoms with Crippen LogP contribution in [0.15, 0.2) is 12.7 Å². The van der Waals surface area contributed by atoms with Crippen LogP contribution in [0.5, 0.6) is 0 Å². The summed E-state index contributed by atoms with van der Waals surface area (Å²) in [7, 11) is 0. The van der Waals surface area contributed by atoms with E-state index < -0.39 is 0 Å². The van der Waals surface area contributed by atoms with Gasteiger partial charge in [0, 0.05) is 24.6 Å². The van der Waals surface area contributed by atoms with Gasteiger partial charge in [-0.15, -0.1) is 6.58 Å². The molecule has 0 aliphatic carbocycles. The van der Waals surface area contributed by atoms with Crippen molar-refractivity contribution >= 4 is 23.6 Å². The molecule has 2 rings (SSSR count). The topological polar surface area (TPSA) is 40.6 Å². The summed E-state index contributed by atoms with van der Waals surface area (Å²) >= 11 is 1.76. The van der Waals surface area contributed by atoms with E-state index in [-0.39, 0.29) is 29.8 Å². The SMILES string of the molecule is C=CCSCCN1C(=O)C2CCCCN2C(=O)C1C(C)C. The molecule has 2 amide bonds. The van der Waals surface area contributed by atoms with E-state index in [0.717, 1.165) is 37.3 Å². The Morgan fingerprint density at radius 2 is 2.10 bits per heavy atom. The zero-order chi connectivity index (χ0) is 15.4. The molecule has 0 aromatic heterocycles. The molecule has 0 radical (unpaired) electrons. The van der Waals surface area contributed by atoms with Crippen LogP contribution in [0.2, 0.25) is 0 Å². The standard InChI is InChI=1S/C16H26N2O2S/c1-4-10-21-11-9-18-14(12(2)3)16(20)17-8-6-5-7-13(17)15(18)19/h4,12-14H,1,5-11H2,2-3H3. The first-order chi connectivity index (χ1) is 10.1. The molecule has 2 atom stereocenters. The van der Waals surface area contributed by atoms with Crippen molar-refractivity contribution in [3.63, 3.8) is 0 Å². The Kier molecular flexibility index (Phi) is 5.73. The van der Waals surface area contributed by atoms with Gasteiger partial charge in [-0.25, -0.2) is 0 Å². The summed E-state index contributed by atoms with van der Waals surface area (Å²) in [6, 6.07) is -0.484. The summed E-state index contributed by atoms with van der Waals surface area (Å²) in [4.78, 5) is 29.2. The van der Waals surface area contributed by atoms with Crippen LogP contribution in [-0.4, -0.2) is 58.3 Å². The monoisotopic (exact) mass is 310 g/mol. The smallest absolute Gasteiger partial charge is 0.246 e. The first kappa shape index (κ1) is 16.4. The predicted molar refractivity (Wildman–Crippen MR) is 87.2 cm³/mol. The highest BCUT2D eigenvalue weighted by Crippen LogP contribution is 2.29. The first-order valence-corrected chi connectivity index (χ1v) is 9.03. The van der Waals surface area contributed by atoms with Crippen LogP contribution < -0.4 is 0 Å². The van der Waals surface area contributed by atoms with Gasteiger partial charge in [-0.05, 0) is 25.2 Å². The fourth-order valence-corrected chi connectivity index (χ4v) is 3.97. The molecule has 118 valence electrons. The number of thioether (sulfide) groups is 1. The lowest BCUT2D eigenvalue weighted by Crippen LogP contribution is -2.67. The van der Waals surface area contributed by atoms with Crippen LogP contribution in [-0.2, 0) is 9.59 Å². The number of hydrogen-bond donors (Lipinski definition) is 0. The van der Waals surface area contributed by atoms with Gasteiger partial charge in [0.1, 0.15) is 12.1 Å². The maximum atomic E-state index is 12.8. The number of rotatable bonds is 6. The molecule has 2 heterocycles. The number of piperazine rings is 1. The zero-order valence-electron chi connectivity index (χ0n) is 13.1. The average molecular weight is 310 g/mol. The Hall–Kier alpha value is -0.970. The van der Waals surface area contributed by atoms with Crippen molar-refractivity contribution in [3.05, 3.63) is 12.7 Å². The Bertz CT molecular complexity index is 411. The van der Waals surface area contributed by atoms with E-state index in [2.05, 4.69) is 6.58 Å². The van der Waals surface area contributed by atoms with Crippen LogP contribution in [0.3, 0.4) is 0 Å². The lowest BCUT2D eigenvalue weighted by Gasteiger charge is -2.48. The molecule has 21 heavy (non-hydrogen) atoms. The van der Waals surface area contributed by atoms with E-state index in [1.54, 1.807) is 11.8 Å². The molecule has 2 aliphatic rings. The Morgan fingerprint density at radius 1 is 1.33 bits per heavy atom. The fourth-order valence-electron chi connectivity index (χ4n) is 3.31. The lowest BCUT2D eigenvalue weighted by molar-refractivity contribution is -0.165. The van der Waals surface area contributed by atoms with Crippen LogP contribution in [0.1, 0.15) is 33.1 Å². The Labute approximate surface area is 131 Å². The summed E-state index contributed by atoms with van der Waals surface area (Å²) < 4.78 is 0.